The van der Waals surface area contributed by atoms with E-state index in [4.69, 9.17) is 0 Å². The molecule has 0 saturated heterocycles. The molecule has 0 aliphatic rings. The third-order valence-corrected chi connectivity index (χ3v) is 2.73. The monoisotopic (exact) mass is 240 g/mol. The number of hydrogen-bond acceptors (Lipinski definition) is 2. The van der Waals surface area contributed by atoms with Crippen LogP contribution in [0.25, 0.3) is 10.9 Å². The van der Waals surface area contributed by atoms with Crippen molar-refractivity contribution in [1.29, 1.82) is 0 Å². The molecule has 0 radical (unpaired) electrons. The molecule has 0 aliphatic heterocycles. The second-order valence-corrected chi connectivity index (χ2v) is 3.94. The predicted molar refractivity (Wildman–Crippen MR) is 74.3 cm³/mol. The molecule has 92 valence electrons. The molecule has 0 unspecified atom stereocenters. The Hall–Kier alpha value is -2.29. The molecule has 0 aliphatic carbocycles. The summed E-state index contributed by atoms with van der Waals surface area (Å²) in [5.41, 5.74) is 2.49. The molecule has 0 saturated carbocycles. The molecular formula is C15H16N2O. The summed E-state index contributed by atoms with van der Waals surface area (Å²) >= 11 is 0. The van der Waals surface area contributed by atoms with Crippen LogP contribution in [-0.2, 0) is 11.2 Å². The van der Waals surface area contributed by atoms with Crippen molar-refractivity contribution in [3.8, 4) is 0 Å². The van der Waals surface area contributed by atoms with Gasteiger partial charge in [-0.05, 0) is 36.4 Å². The highest BCUT2D eigenvalue weighted by molar-refractivity contribution is 5.83. The fourth-order valence-electron chi connectivity index (χ4n) is 1.86. The summed E-state index contributed by atoms with van der Waals surface area (Å²) in [6, 6.07) is 8.29. The molecule has 3 nitrogen and oxygen atoms in total. The smallest absolute Gasteiger partial charge is 0.142 e. The summed E-state index contributed by atoms with van der Waals surface area (Å²) in [5.74, 6) is 0. The number of nitrogens with one attached hydrogen (secondary N) is 2. The van der Waals surface area contributed by atoms with Crippen molar-refractivity contribution in [2.24, 2.45) is 0 Å². The minimum absolute atomic E-state index is 0.760. The fraction of sp³-hybridized carbons (Fsp3) is 0.133. The quantitative estimate of drug-likeness (QED) is 0.353. The van der Waals surface area contributed by atoms with E-state index < -0.39 is 0 Å². The van der Waals surface area contributed by atoms with Crippen LogP contribution in [0.15, 0.2) is 54.9 Å². The van der Waals surface area contributed by atoms with E-state index in [1.807, 2.05) is 18.3 Å². The molecule has 1 aromatic carbocycles. The molecule has 2 N–H and O–H groups in total. The molecule has 0 bridgehead atoms. The molecule has 3 heteroatoms. The van der Waals surface area contributed by atoms with Gasteiger partial charge in [-0.15, -0.1) is 0 Å². The highest BCUT2D eigenvalue weighted by Crippen LogP contribution is 2.17. The molecule has 1 heterocycles. The Kier molecular flexibility index (Phi) is 4.36. The zero-order valence-corrected chi connectivity index (χ0v) is 10.1. The lowest BCUT2D eigenvalue weighted by molar-refractivity contribution is -0.104. The Balaban J connectivity index is 1.85. The highest BCUT2D eigenvalue weighted by atomic mass is 16.1. The molecule has 0 fully saturated rings. The largest absolute Gasteiger partial charge is 0.391 e. The van der Waals surface area contributed by atoms with E-state index in [0.717, 1.165) is 19.3 Å². The zero-order chi connectivity index (χ0) is 12.6. The van der Waals surface area contributed by atoms with Crippen molar-refractivity contribution in [2.45, 2.75) is 6.42 Å². The summed E-state index contributed by atoms with van der Waals surface area (Å²) in [4.78, 5) is 13.3. The lowest BCUT2D eigenvalue weighted by Crippen LogP contribution is -2.09. The first-order valence-electron chi connectivity index (χ1n) is 5.97. The standard InChI is InChI=1S/C15H16N2O/c18-11-5-1-4-9-16-10-8-13-12-17-15-7-3-2-6-14(13)15/h1-7,9,11-12,16-17H,8,10H2/b5-1+,9-4+. The van der Waals surface area contributed by atoms with Crippen molar-refractivity contribution in [3.63, 3.8) is 0 Å². The predicted octanol–water partition coefficient (Wildman–Crippen LogP) is 2.57. The summed E-state index contributed by atoms with van der Waals surface area (Å²) in [6.45, 7) is 0.868. The van der Waals surface area contributed by atoms with Gasteiger partial charge in [0, 0.05) is 23.6 Å². The van der Waals surface area contributed by atoms with Crippen LogP contribution < -0.4 is 5.32 Å². The van der Waals surface area contributed by atoms with Crippen molar-refractivity contribution in [3.05, 3.63) is 60.5 Å². The van der Waals surface area contributed by atoms with Crippen LogP contribution in [0.3, 0.4) is 0 Å². The number of para-hydroxylation sites is 1. The second kappa shape index (κ2) is 6.45. The first kappa shape index (κ1) is 12.2. The normalized spacial score (nSPS) is 11.6. The van der Waals surface area contributed by atoms with E-state index in [0.29, 0.717) is 0 Å². The van der Waals surface area contributed by atoms with Crippen LogP contribution in [-0.4, -0.2) is 17.8 Å². The Bertz CT molecular complexity index is 567. The number of aromatic nitrogens is 1. The van der Waals surface area contributed by atoms with Crippen LogP contribution in [0.5, 0.6) is 0 Å². The van der Waals surface area contributed by atoms with Gasteiger partial charge in [-0.1, -0.05) is 24.3 Å². The van der Waals surface area contributed by atoms with E-state index in [1.54, 1.807) is 6.08 Å². The molecular weight excluding hydrogens is 224 g/mol. The van der Waals surface area contributed by atoms with E-state index in [9.17, 15) is 4.79 Å². The summed E-state index contributed by atoms with van der Waals surface area (Å²) < 4.78 is 0. The van der Waals surface area contributed by atoms with Crippen LogP contribution in [0, 0.1) is 0 Å². The van der Waals surface area contributed by atoms with Crippen molar-refractivity contribution < 1.29 is 4.79 Å². The molecule has 18 heavy (non-hydrogen) atoms. The van der Waals surface area contributed by atoms with Gasteiger partial charge in [0.05, 0.1) is 0 Å². The Labute approximate surface area is 106 Å². The number of aromatic amines is 1. The number of carbonyl (C=O) groups is 1. The fourth-order valence-corrected chi connectivity index (χ4v) is 1.86. The number of H-pyrrole nitrogens is 1. The van der Waals surface area contributed by atoms with Gasteiger partial charge in [0.25, 0.3) is 0 Å². The molecule has 0 atom stereocenters. The Morgan fingerprint density at radius 3 is 2.94 bits per heavy atom. The van der Waals surface area contributed by atoms with Crippen molar-refractivity contribution in [2.75, 3.05) is 6.54 Å². The summed E-state index contributed by atoms with van der Waals surface area (Å²) in [6.07, 6.45) is 10.6. The molecule has 1 aromatic heterocycles. The van der Waals surface area contributed by atoms with Gasteiger partial charge in [0.2, 0.25) is 0 Å². The molecule has 0 spiro atoms. The van der Waals surface area contributed by atoms with E-state index in [1.165, 1.54) is 22.5 Å². The maximum atomic E-state index is 10.0. The third kappa shape index (κ3) is 3.10. The van der Waals surface area contributed by atoms with Gasteiger partial charge in [-0.25, -0.2) is 0 Å². The Morgan fingerprint density at radius 2 is 2.06 bits per heavy atom. The third-order valence-electron chi connectivity index (χ3n) is 2.73. The zero-order valence-electron chi connectivity index (χ0n) is 10.1. The van der Waals surface area contributed by atoms with Gasteiger partial charge in [0.1, 0.15) is 6.29 Å². The van der Waals surface area contributed by atoms with Gasteiger partial charge in [-0.2, -0.15) is 0 Å². The number of fused-ring (bicyclic) bond motifs is 1. The van der Waals surface area contributed by atoms with Gasteiger partial charge < -0.3 is 10.3 Å². The van der Waals surface area contributed by atoms with Crippen molar-refractivity contribution >= 4 is 17.2 Å². The van der Waals surface area contributed by atoms with E-state index in [-0.39, 0.29) is 0 Å². The SMILES string of the molecule is O=C/C=C/C=C/NCCc1c[nH]c2ccccc12. The van der Waals surface area contributed by atoms with E-state index in [2.05, 4.69) is 34.7 Å². The average Bonchev–Trinajstić information content (AvgIpc) is 2.81. The van der Waals surface area contributed by atoms with Gasteiger partial charge in [0.15, 0.2) is 0 Å². The van der Waals surface area contributed by atoms with Gasteiger partial charge in [-0.3, -0.25) is 4.79 Å². The van der Waals surface area contributed by atoms with Gasteiger partial charge >= 0.3 is 0 Å². The lowest BCUT2D eigenvalue weighted by atomic mass is 10.1. The maximum absolute atomic E-state index is 10.0. The second-order valence-electron chi connectivity index (χ2n) is 3.94. The number of benzene rings is 1. The van der Waals surface area contributed by atoms with Crippen LogP contribution in [0.2, 0.25) is 0 Å². The topological polar surface area (TPSA) is 44.9 Å². The van der Waals surface area contributed by atoms with Crippen LogP contribution >= 0.6 is 0 Å². The minimum atomic E-state index is 0.760. The molecule has 2 rings (SSSR count). The van der Waals surface area contributed by atoms with Crippen LogP contribution in [0.1, 0.15) is 5.56 Å². The molecule has 2 aromatic rings. The number of allylic oxidation sites excluding steroid dienone is 3. The first-order chi connectivity index (χ1) is 8.92. The number of carbonyl (C=O) groups excluding carboxylic acids is 1. The summed E-state index contributed by atoms with van der Waals surface area (Å²) in [7, 11) is 0. The Morgan fingerprint density at radius 1 is 1.17 bits per heavy atom. The first-order valence-corrected chi connectivity index (χ1v) is 5.97. The number of aldehydes is 1. The van der Waals surface area contributed by atoms with E-state index >= 15 is 0 Å². The van der Waals surface area contributed by atoms with Crippen molar-refractivity contribution in [1.82, 2.24) is 10.3 Å². The number of rotatable bonds is 6. The molecule has 0 amide bonds. The number of hydrogen-bond donors (Lipinski definition) is 2. The lowest BCUT2D eigenvalue weighted by Gasteiger charge is -1.99. The minimum Gasteiger partial charge on any atom is -0.391 e. The van der Waals surface area contributed by atoms with Crippen LogP contribution in [0.4, 0.5) is 0 Å². The maximum Gasteiger partial charge on any atom is 0.142 e. The summed E-state index contributed by atoms with van der Waals surface area (Å²) in [5, 5.41) is 4.47. The highest BCUT2D eigenvalue weighted by Gasteiger charge is 2.00. The average molecular weight is 240 g/mol.